The normalized spacial score (nSPS) is 10.8. The van der Waals surface area contributed by atoms with Gasteiger partial charge in [-0.2, -0.15) is 16.3 Å². The largest absolute Gasteiger partial charge is 0.398 e. The molecule has 96 valence electrons. The summed E-state index contributed by atoms with van der Waals surface area (Å²) in [6.07, 6.45) is 0.558. The van der Waals surface area contributed by atoms with Crippen molar-refractivity contribution in [1.82, 2.24) is 10.1 Å². The Hall–Kier alpha value is -2.14. The number of nitrogens with zero attached hydrogens (tertiary/aromatic N) is 2. The van der Waals surface area contributed by atoms with Gasteiger partial charge in [-0.1, -0.05) is 23.4 Å². The van der Waals surface area contributed by atoms with Gasteiger partial charge in [0.25, 0.3) is 0 Å². The highest BCUT2D eigenvalue weighted by atomic mass is 32.1. The Labute approximate surface area is 114 Å². The Kier molecular flexibility index (Phi) is 3.05. The summed E-state index contributed by atoms with van der Waals surface area (Å²) in [7, 11) is 0. The lowest BCUT2D eigenvalue weighted by atomic mass is 10.1. The van der Waals surface area contributed by atoms with Gasteiger partial charge in [-0.05, 0) is 29.5 Å². The van der Waals surface area contributed by atoms with Crippen LogP contribution >= 0.6 is 11.3 Å². The highest BCUT2D eigenvalue weighted by Crippen LogP contribution is 2.25. The van der Waals surface area contributed by atoms with Crippen molar-refractivity contribution in [2.24, 2.45) is 0 Å². The van der Waals surface area contributed by atoms with Crippen LogP contribution < -0.4 is 5.73 Å². The Balaban J connectivity index is 1.87. The van der Waals surface area contributed by atoms with Crippen LogP contribution in [0.4, 0.5) is 5.69 Å². The van der Waals surface area contributed by atoms with E-state index in [0.29, 0.717) is 18.1 Å². The van der Waals surface area contributed by atoms with E-state index in [4.69, 9.17) is 10.3 Å². The monoisotopic (exact) mass is 271 g/mol. The first-order valence-corrected chi connectivity index (χ1v) is 6.87. The summed E-state index contributed by atoms with van der Waals surface area (Å²) in [5.74, 6) is 1.22. The highest BCUT2D eigenvalue weighted by molar-refractivity contribution is 7.08. The van der Waals surface area contributed by atoms with Crippen LogP contribution in [0.1, 0.15) is 17.0 Å². The predicted molar refractivity (Wildman–Crippen MR) is 76.0 cm³/mol. The van der Waals surface area contributed by atoms with Gasteiger partial charge in [0.1, 0.15) is 0 Å². The zero-order valence-corrected chi connectivity index (χ0v) is 11.3. The molecule has 0 saturated carbocycles. The summed E-state index contributed by atoms with van der Waals surface area (Å²) in [6.45, 7) is 2.04. The fraction of sp³-hybridized carbons (Fsp3) is 0.143. The van der Waals surface area contributed by atoms with Crippen LogP contribution in [0.3, 0.4) is 0 Å². The van der Waals surface area contributed by atoms with Crippen molar-refractivity contribution < 1.29 is 4.52 Å². The molecular formula is C14H13N3OS. The van der Waals surface area contributed by atoms with E-state index in [9.17, 15) is 0 Å². The molecule has 0 aliphatic rings. The molecule has 0 radical (unpaired) electrons. The lowest BCUT2D eigenvalue weighted by Gasteiger charge is -2.00. The van der Waals surface area contributed by atoms with E-state index < -0.39 is 0 Å². The first-order chi connectivity index (χ1) is 9.24. The van der Waals surface area contributed by atoms with E-state index >= 15 is 0 Å². The third kappa shape index (κ3) is 2.37. The minimum absolute atomic E-state index is 0.558. The van der Waals surface area contributed by atoms with Gasteiger partial charge in [0.2, 0.25) is 11.7 Å². The molecular weight excluding hydrogens is 258 g/mol. The number of rotatable bonds is 3. The Morgan fingerprint density at radius 1 is 1.26 bits per heavy atom. The van der Waals surface area contributed by atoms with Crippen LogP contribution in [-0.2, 0) is 6.42 Å². The van der Waals surface area contributed by atoms with Gasteiger partial charge in [-0.15, -0.1) is 0 Å². The van der Waals surface area contributed by atoms with Crippen molar-refractivity contribution in [3.8, 4) is 11.4 Å². The van der Waals surface area contributed by atoms with Crippen molar-refractivity contribution in [3.63, 3.8) is 0 Å². The Morgan fingerprint density at radius 2 is 2.11 bits per heavy atom. The maximum absolute atomic E-state index is 5.91. The number of para-hydroxylation sites is 1. The number of hydrogen-bond acceptors (Lipinski definition) is 5. The second-order valence-corrected chi connectivity index (χ2v) is 5.10. The SMILES string of the molecule is Cc1cscc1-c1noc(Cc2ccccc2N)n1. The van der Waals surface area contributed by atoms with E-state index in [0.717, 1.165) is 22.4 Å². The highest BCUT2D eigenvalue weighted by Gasteiger charge is 2.12. The van der Waals surface area contributed by atoms with Gasteiger partial charge in [0.15, 0.2) is 0 Å². The third-order valence-electron chi connectivity index (χ3n) is 2.96. The molecule has 2 heterocycles. The molecule has 3 rings (SSSR count). The van der Waals surface area contributed by atoms with Gasteiger partial charge < -0.3 is 10.3 Å². The van der Waals surface area contributed by atoms with Crippen LogP contribution in [0.2, 0.25) is 0 Å². The molecule has 0 bridgehead atoms. The third-order valence-corrected chi connectivity index (χ3v) is 3.82. The minimum Gasteiger partial charge on any atom is -0.398 e. The molecule has 5 heteroatoms. The number of anilines is 1. The molecule has 0 amide bonds. The first kappa shape index (κ1) is 11.9. The van der Waals surface area contributed by atoms with Gasteiger partial charge in [-0.25, -0.2) is 0 Å². The van der Waals surface area contributed by atoms with Crippen molar-refractivity contribution in [2.75, 3.05) is 5.73 Å². The molecule has 2 aromatic heterocycles. The van der Waals surface area contributed by atoms with Crippen LogP contribution in [0.5, 0.6) is 0 Å². The molecule has 1 aromatic carbocycles. The zero-order chi connectivity index (χ0) is 13.2. The first-order valence-electron chi connectivity index (χ1n) is 5.93. The predicted octanol–water partition coefficient (Wildman–Crippen LogP) is 3.28. The molecule has 2 N–H and O–H groups in total. The number of thiophene rings is 1. The number of nitrogen functional groups attached to an aromatic ring is 1. The number of aryl methyl sites for hydroxylation is 1. The maximum atomic E-state index is 5.91. The standard InChI is InChI=1S/C14H13N3OS/c1-9-7-19-8-11(9)14-16-13(18-17-14)6-10-4-2-3-5-12(10)15/h2-5,7-8H,6,15H2,1H3. The van der Waals surface area contributed by atoms with Gasteiger partial charge in [-0.3, -0.25) is 0 Å². The fourth-order valence-electron chi connectivity index (χ4n) is 1.88. The lowest BCUT2D eigenvalue weighted by Crippen LogP contribution is -1.95. The topological polar surface area (TPSA) is 64.9 Å². The van der Waals surface area contributed by atoms with Gasteiger partial charge in [0.05, 0.1) is 6.42 Å². The molecule has 0 aliphatic carbocycles. The zero-order valence-electron chi connectivity index (χ0n) is 10.5. The van der Waals surface area contributed by atoms with Crippen molar-refractivity contribution in [2.45, 2.75) is 13.3 Å². The molecule has 19 heavy (non-hydrogen) atoms. The van der Waals surface area contributed by atoms with E-state index in [1.54, 1.807) is 11.3 Å². The molecule has 0 aliphatic heterocycles. The minimum atomic E-state index is 0.558. The summed E-state index contributed by atoms with van der Waals surface area (Å²) in [5, 5.41) is 8.12. The van der Waals surface area contributed by atoms with Crippen molar-refractivity contribution in [3.05, 3.63) is 52.0 Å². The Bertz CT molecular complexity index is 702. The lowest BCUT2D eigenvalue weighted by molar-refractivity contribution is 0.386. The van der Waals surface area contributed by atoms with Crippen molar-refractivity contribution in [1.29, 1.82) is 0 Å². The summed E-state index contributed by atoms with van der Waals surface area (Å²) >= 11 is 1.64. The summed E-state index contributed by atoms with van der Waals surface area (Å²) in [4.78, 5) is 4.42. The second kappa shape index (κ2) is 4.85. The number of benzene rings is 1. The maximum Gasteiger partial charge on any atom is 0.231 e. The fourth-order valence-corrected chi connectivity index (χ4v) is 2.71. The smallest absolute Gasteiger partial charge is 0.231 e. The van der Waals surface area contributed by atoms with Gasteiger partial charge >= 0.3 is 0 Å². The van der Waals surface area contributed by atoms with Crippen LogP contribution in [0, 0.1) is 6.92 Å². The van der Waals surface area contributed by atoms with E-state index in [-0.39, 0.29) is 0 Å². The summed E-state index contributed by atoms with van der Waals surface area (Å²) in [5.41, 5.74) is 9.84. The molecule has 0 atom stereocenters. The molecule has 0 unspecified atom stereocenters. The van der Waals surface area contributed by atoms with Crippen molar-refractivity contribution >= 4 is 17.0 Å². The molecule has 0 fully saturated rings. The summed E-state index contributed by atoms with van der Waals surface area (Å²) < 4.78 is 5.29. The number of nitrogens with two attached hydrogens (primary N) is 1. The number of hydrogen-bond donors (Lipinski definition) is 1. The second-order valence-electron chi connectivity index (χ2n) is 4.36. The number of aromatic nitrogens is 2. The van der Waals surface area contributed by atoms with Crippen LogP contribution in [0.15, 0.2) is 39.5 Å². The molecule has 3 aromatic rings. The van der Waals surface area contributed by atoms with E-state index in [1.165, 1.54) is 0 Å². The average Bonchev–Trinajstić information content (AvgIpc) is 3.01. The molecule has 4 nitrogen and oxygen atoms in total. The molecule has 0 saturated heterocycles. The summed E-state index contributed by atoms with van der Waals surface area (Å²) in [6, 6.07) is 7.70. The quantitative estimate of drug-likeness (QED) is 0.742. The van der Waals surface area contributed by atoms with E-state index in [1.807, 2.05) is 36.6 Å². The Morgan fingerprint density at radius 3 is 2.84 bits per heavy atom. The van der Waals surface area contributed by atoms with Crippen LogP contribution in [-0.4, -0.2) is 10.1 Å². The molecule has 0 spiro atoms. The van der Waals surface area contributed by atoms with Gasteiger partial charge in [0, 0.05) is 16.6 Å². The average molecular weight is 271 g/mol. The van der Waals surface area contributed by atoms with Crippen LogP contribution in [0.25, 0.3) is 11.4 Å². The van der Waals surface area contributed by atoms with E-state index in [2.05, 4.69) is 15.5 Å².